The number of nitrogens with one attached hydrogen (secondary N) is 1. The number of unbranched alkanes of at least 4 members (excludes halogenated alkanes) is 1. The average Bonchev–Trinajstić information content (AvgIpc) is 2.61. The Morgan fingerprint density at radius 3 is 2.33 bits per heavy atom. The Morgan fingerprint density at radius 1 is 1.12 bits per heavy atom. The van der Waals surface area contributed by atoms with E-state index in [1.165, 1.54) is 19.8 Å². The van der Waals surface area contributed by atoms with Gasteiger partial charge in [-0.1, -0.05) is 25.5 Å². The van der Waals surface area contributed by atoms with Gasteiger partial charge in [-0.2, -0.15) is 0 Å². The molecule has 0 spiro atoms. The van der Waals surface area contributed by atoms with Crippen molar-refractivity contribution < 1.29 is 14.3 Å². The van der Waals surface area contributed by atoms with Crippen LogP contribution < -0.4 is 14.8 Å². The summed E-state index contributed by atoms with van der Waals surface area (Å²) < 4.78 is 11.4. The fourth-order valence-electron chi connectivity index (χ4n) is 2.46. The van der Waals surface area contributed by atoms with E-state index in [4.69, 9.17) is 9.47 Å². The maximum Gasteiger partial charge on any atom is 0.263 e. The maximum absolute atomic E-state index is 12.7. The highest BCUT2D eigenvalue weighted by Gasteiger charge is 2.19. The lowest BCUT2D eigenvalue weighted by molar-refractivity contribution is 0.102. The van der Waals surface area contributed by atoms with E-state index in [1.54, 1.807) is 18.2 Å². The molecule has 0 aliphatic heterocycles. The third-order valence-electron chi connectivity index (χ3n) is 3.76. The Morgan fingerprint density at radius 2 is 1.79 bits per heavy atom. The van der Waals surface area contributed by atoms with Crippen LogP contribution in [0.5, 0.6) is 11.5 Å². The molecule has 2 aromatic carbocycles. The van der Waals surface area contributed by atoms with Gasteiger partial charge in [0.2, 0.25) is 0 Å². The summed E-state index contributed by atoms with van der Waals surface area (Å²) >= 11 is 3.53. The van der Waals surface area contributed by atoms with Gasteiger partial charge in [-0.25, -0.2) is 0 Å². The molecule has 2 aromatic rings. The number of amides is 1. The molecule has 0 heterocycles. The molecule has 0 atom stereocenters. The Kier molecular flexibility index (Phi) is 6.67. The predicted molar refractivity (Wildman–Crippen MR) is 100 cm³/mol. The van der Waals surface area contributed by atoms with Gasteiger partial charge >= 0.3 is 0 Å². The zero-order chi connectivity index (χ0) is 17.5. The van der Waals surface area contributed by atoms with Crippen molar-refractivity contribution in [3.05, 3.63) is 52.0 Å². The van der Waals surface area contributed by atoms with Crippen molar-refractivity contribution in [2.45, 2.75) is 26.2 Å². The standard InChI is InChI=1S/C19H22BrNO3/c1-4-5-7-13-10-11-15(14(20)12-13)21-19(22)18-16(23-2)8-6-9-17(18)24-3/h6,8-12H,4-5,7H2,1-3H3,(H,21,22). The van der Waals surface area contributed by atoms with Crippen LogP contribution >= 0.6 is 15.9 Å². The second-order valence-electron chi connectivity index (χ2n) is 5.41. The van der Waals surface area contributed by atoms with Crippen LogP contribution in [0, 0.1) is 0 Å². The molecule has 0 saturated carbocycles. The third kappa shape index (κ3) is 4.29. The summed E-state index contributed by atoms with van der Waals surface area (Å²) in [5, 5.41) is 2.91. The van der Waals surface area contributed by atoms with Gasteiger partial charge in [0.1, 0.15) is 17.1 Å². The van der Waals surface area contributed by atoms with Crippen molar-refractivity contribution >= 4 is 27.5 Å². The van der Waals surface area contributed by atoms with Crippen molar-refractivity contribution in [3.63, 3.8) is 0 Å². The topological polar surface area (TPSA) is 47.6 Å². The molecule has 0 bridgehead atoms. The van der Waals surface area contributed by atoms with Crippen LogP contribution in [0.3, 0.4) is 0 Å². The fourth-order valence-corrected chi connectivity index (χ4v) is 2.98. The molecule has 2 rings (SSSR count). The molecule has 0 radical (unpaired) electrons. The SMILES string of the molecule is CCCCc1ccc(NC(=O)c2c(OC)cccc2OC)c(Br)c1. The van der Waals surface area contributed by atoms with Crippen LogP contribution in [-0.2, 0) is 6.42 Å². The Hall–Kier alpha value is -2.01. The molecular formula is C19H22BrNO3. The van der Waals surface area contributed by atoms with E-state index in [-0.39, 0.29) is 5.91 Å². The lowest BCUT2D eigenvalue weighted by atomic mass is 10.1. The molecular weight excluding hydrogens is 370 g/mol. The van der Waals surface area contributed by atoms with Crippen molar-refractivity contribution in [1.29, 1.82) is 0 Å². The van der Waals surface area contributed by atoms with E-state index in [1.807, 2.05) is 18.2 Å². The van der Waals surface area contributed by atoms with Gasteiger partial charge in [0, 0.05) is 4.47 Å². The number of hydrogen-bond donors (Lipinski definition) is 1. The van der Waals surface area contributed by atoms with E-state index in [2.05, 4.69) is 28.2 Å². The summed E-state index contributed by atoms with van der Waals surface area (Å²) in [5.74, 6) is 0.677. The molecule has 0 aliphatic rings. The largest absolute Gasteiger partial charge is 0.496 e. The van der Waals surface area contributed by atoms with Crippen molar-refractivity contribution in [3.8, 4) is 11.5 Å². The van der Waals surface area contributed by atoms with Gasteiger partial charge in [0.05, 0.1) is 19.9 Å². The minimum Gasteiger partial charge on any atom is -0.496 e. The number of halogens is 1. The molecule has 0 aromatic heterocycles. The summed E-state index contributed by atoms with van der Waals surface area (Å²) in [6.45, 7) is 2.17. The van der Waals surface area contributed by atoms with E-state index >= 15 is 0 Å². The van der Waals surface area contributed by atoms with Crippen LogP contribution in [0.15, 0.2) is 40.9 Å². The maximum atomic E-state index is 12.7. The van der Waals surface area contributed by atoms with Gasteiger partial charge in [0.25, 0.3) is 5.91 Å². The number of anilines is 1. The second-order valence-corrected chi connectivity index (χ2v) is 6.26. The molecule has 4 nitrogen and oxygen atoms in total. The molecule has 0 unspecified atom stereocenters. The van der Waals surface area contributed by atoms with Gasteiger partial charge in [-0.05, 0) is 58.6 Å². The molecule has 0 fully saturated rings. The number of carbonyl (C=O) groups excluding carboxylic acids is 1. The van der Waals surface area contributed by atoms with E-state index in [9.17, 15) is 4.79 Å². The quantitative estimate of drug-likeness (QED) is 0.717. The Balaban J connectivity index is 2.24. The van der Waals surface area contributed by atoms with Gasteiger partial charge in [-0.3, -0.25) is 4.79 Å². The summed E-state index contributed by atoms with van der Waals surface area (Å²) in [6, 6.07) is 11.3. The normalized spacial score (nSPS) is 10.3. The molecule has 1 N–H and O–H groups in total. The number of rotatable bonds is 7. The number of aryl methyl sites for hydroxylation is 1. The third-order valence-corrected chi connectivity index (χ3v) is 4.41. The van der Waals surface area contributed by atoms with Crippen molar-refractivity contribution in [2.24, 2.45) is 0 Å². The van der Waals surface area contributed by atoms with Crippen LogP contribution in [0.25, 0.3) is 0 Å². The zero-order valence-electron chi connectivity index (χ0n) is 14.2. The first-order valence-corrected chi connectivity index (χ1v) is 8.70. The van der Waals surface area contributed by atoms with Crippen LogP contribution in [0.2, 0.25) is 0 Å². The summed E-state index contributed by atoms with van der Waals surface area (Å²) in [6.07, 6.45) is 3.34. The predicted octanol–water partition coefficient (Wildman–Crippen LogP) is 5.06. The van der Waals surface area contributed by atoms with E-state index in [0.717, 1.165) is 23.7 Å². The lowest BCUT2D eigenvalue weighted by Gasteiger charge is -2.14. The highest BCUT2D eigenvalue weighted by molar-refractivity contribution is 9.10. The molecule has 24 heavy (non-hydrogen) atoms. The monoisotopic (exact) mass is 391 g/mol. The van der Waals surface area contributed by atoms with Crippen LogP contribution in [0.1, 0.15) is 35.7 Å². The van der Waals surface area contributed by atoms with Gasteiger partial charge < -0.3 is 14.8 Å². The first-order chi connectivity index (χ1) is 11.6. The van der Waals surface area contributed by atoms with Crippen LogP contribution in [-0.4, -0.2) is 20.1 Å². The summed E-state index contributed by atoms with van der Waals surface area (Å²) in [7, 11) is 3.06. The molecule has 0 aliphatic carbocycles. The minimum atomic E-state index is -0.272. The van der Waals surface area contributed by atoms with Crippen molar-refractivity contribution in [1.82, 2.24) is 0 Å². The number of ether oxygens (including phenoxy) is 2. The molecule has 0 saturated heterocycles. The van der Waals surface area contributed by atoms with Crippen LogP contribution in [0.4, 0.5) is 5.69 Å². The molecule has 1 amide bonds. The van der Waals surface area contributed by atoms with Crippen molar-refractivity contribution in [2.75, 3.05) is 19.5 Å². The van der Waals surface area contributed by atoms with Gasteiger partial charge in [0.15, 0.2) is 0 Å². The number of hydrogen-bond acceptors (Lipinski definition) is 3. The average molecular weight is 392 g/mol. The number of methoxy groups -OCH3 is 2. The Bertz CT molecular complexity index is 694. The minimum absolute atomic E-state index is 0.272. The fraction of sp³-hybridized carbons (Fsp3) is 0.316. The second kappa shape index (κ2) is 8.73. The number of benzene rings is 2. The number of carbonyl (C=O) groups is 1. The summed E-state index contributed by atoms with van der Waals surface area (Å²) in [4.78, 5) is 12.7. The molecule has 128 valence electrons. The summed E-state index contributed by atoms with van der Waals surface area (Å²) in [5.41, 5.74) is 2.34. The Labute approximate surface area is 151 Å². The zero-order valence-corrected chi connectivity index (χ0v) is 15.8. The first-order valence-electron chi connectivity index (χ1n) is 7.91. The highest BCUT2D eigenvalue weighted by atomic mass is 79.9. The van der Waals surface area contributed by atoms with E-state index in [0.29, 0.717) is 22.7 Å². The van der Waals surface area contributed by atoms with Gasteiger partial charge in [-0.15, -0.1) is 0 Å². The highest BCUT2D eigenvalue weighted by Crippen LogP contribution is 2.31. The first kappa shape index (κ1) is 18.3. The van der Waals surface area contributed by atoms with E-state index < -0.39 is 0 Å². The smallest absolute Gasteiger partial charge is 0.263 e. The molecule has 5 heteroatoms. The lowest BCUT2D eigenvalue weighted by Crippen LogP contribution is -2.15.